The number of carbonyl (C=O) groups excluding carboxylic acids is 1. The first-order valence-corrected chi connectivity index (χ1v) is 11.6. The lowest BCUT2D eigenvalue weighted by Gasteiger charge is -2.18. The van der Waals surface area contributed by atoms with Crippen molar-refractivity contribution in [3.8, 4) is 0 Å². The summed E-state index contributed by atoms with van der Waals surface area (Å²) in [5.74, 6) is 0.271. The predicted molar refractivity (Wildman–Crippen MR) is 122 cm³/mol. The third-order valence-electron chi connectivity index (χ3n) is 4.93. The van der Waals surface area contributed by atoms with Crippen molar-refractivity contribution in [2.24, 2.45) is 0 Å². The molecular weight excluding hydrogens is 412 g/mol. The maximum atomic E-state index is 13.1. The first kappa shape index (κ1) is 20.7. The molecule has 158 valence electrons. The summed E-state index contributed by atoms with van der Waals surface area (Å²) in [5.41, 5.74) is 3.04. The highest BCUT2D eigenvalue weighted by Gasteiger charge is 2.22. The molecule has 0 bridgehead atoms. The molecule has 0 aliphatic rings. The minimum atomic E-state index is -3.46. The van der Waals surface area contributed by atoms with Crippen LogP contribution in [-0.2, 0) is 10.0 Å². The van der Waals surface area contributed by atoms with Crippen molar-refractivity contribution >= 4 is 32.6 Å². The van der Waals surface area contributed by atoms with Crippen LogP contribution in [0.4, 0.5) is 5.69 Å². The molecule has 1 aromatic heterocycles. The first-order valence-electron chi connectivity index (χ1n) is 9.73. The Morgan fingerprint density at radius 1 is 0.935 bits per heavy atom. The third kappa shape index (κ3) is 4.78. The molecule has 1 unspecified atom stereocenters. The summed E-state index contributed by atoms with van der Waals surface area (Å²) < 4.78 is 31.8. The first-order chi connectivity index (χ1) is 14.8. The number of aryl methyl sites for hydroxylation is 1. The second-order valence-electron chi connectivity index (χ2n) is 7.41. The number of hydrogen-bond donors (Lipinski definition) is 2. The number of benzene rings is 3. The SMILES string of the molecule is Cc1ccc(C(=O)NC(c2ccccc2)c2cc3ccccc3o2)cc1NS(C)(=O)=O. The summed E-state index contributed by atoms with van der Waals surface area (Å²) in [4.78, 5) is 13.1. The van der Waals surface area contributed by atoms with E-state index >= 15 is 0 Å². The van der Waals surface area contributed by atoms with E-state index in [1.54, 1.807) is 19.1 Å². The molecule has 0 spiro atoms. The van der Waals surface area contributed by atoms with Crippen molar-refractivity contribution in [3.05, 3.63) is 101 Å². The van der Waals surface area contributed by atoms with Crippen molar-refractivity contribution in [1.82, 2.24) is 5.32 Å². The molecular formula is C24H22N2O4S. The van der Waals surface area contributed by atoms with Gasteiger partial charge in [0.15, 0.2) is 0 Å². The van der Waals surface area contributed by atoms with Gasteiger partial charge in [-0.1, -0.05) is 54.6 Å². The van der Waals surface area contributed by atoms with Gasteiger partial charge in [-0.05, 0) is 42.3 Å². The van der Waals surface area contributed by atoms with Crippen LogP contribution in [0.2, 0.25) is 0 Å². The van der Waals surface area contributed by atoms with E-state index in [4.69, 9.17) is 4.42 Å². The second kappa shape index (κ2) is 8.28. The van der Waals surface area contributed by atoms with E-state index in [2.05, 4.69) is 10.0 Å². The van der Waals surface area contributed by atoms with Crippen LogP contribution in [0.3, 0.4) is 0 Å². The molecule has 4 rings (SSSR count). The Morgan fingerprint density at radius 3 is 2.35 bits per heavy atom. The molecule has 0 saturated carbocycles. The second-order valence-corrected chi connectivity index (χ2v) is 9.16. The monoisotopic (exact) mass is 434 g/mol. The summed E-state index contributed by atoms with van der Waals surface area (Å²) in [6.45, 7) is 1.77. The minimum absolute atomic E-state index is 0.341. The Hall–Kier alpha value is -3.58. The molecule has 2 N–H and O–H groups in total. The number of amides is 1. The standard InChI is InChI=1S/C24H22N2O4S/c1-16-12-13-19(14-20(16)26-31(2,28)29)24(27)25-23(17-8-4-3-5-9-17)22-15-18-10-6-7-11-21(18)30-22/h3-15,23,26H,1-2H3,(H,25,27). The lowest BCUT2D eigenvalue weighted by atomic mass is 10.0. The van der Waals surface area contributed by atoms with Crippen LogP contribution in [-0.4, -0.2) is 20.6 Å². The number of anilines is 1. The number of fused-ring (bicyclic) bond motifs is 1. The van der Waals surface area contributed by atoms with E-state index in [-0.39, 0.29) is 5.91 Å². The van der Waals surface area contributed by atoms with E-state index < -0.39 is 16.1 Å². The van der Waals surface area contributed by atoms with Crippen molar-refractivity contribution in [2.75, 3.05) is 11.0 Å². The highest BCUT2D eigenvalue weighted by molar-refractivity contribution is 7.92. The Balaban J connectivity index is 1.69. The number of nitrogens with one attached hydrogen (secondary N) is 2. The molecule has 0 aliphatic carbocycles. The van der Waals surface area contributed by atoms with Gasteiger partial charge in [-0.3, -0.25) is 9.52 Å². The van der Waals surface area contributed by atoms with Crippen LogP contribution < -0.4 is 10.0 Å². The fourth-order valence-corrected chi connectivity index (χ4v) is 4.02. The lowest BCUT2D eigenvalue weighted by Crippen LogP contribution is -2.29. The van der Waals surface area contributed by atoms with Gasteiger partial charge in [0, 0.05) is 10.9 Å². The van der Waals surface area contributed by atoms with Gasteiger partial charge in [0.05, 0.1) is 11.9 Å². The quantitative estimate of drug-likeness (QED) is 0.463. The van der Waals surface area contributed by atoms with Gasteiger partial charge in [0.2, 0.25) is 10.0 Å². The predicted octanol–water partition coefficient (Wildman–Crippen LogP) is 4.63. The minimum Gasteiger partial charge on any atom is -0.459 e. The number of furan rings is 1. The van der Waals surface area contributed by atoms with Gasteiger partial charge in [0.25, 0.3) is 5.91 Å². The van der Waals surface area contributed by atoms with E-state index in [0.717, 1.165) is 28.4 Å². The molecule has 0 saturated heterocycles. The third-order valence-corrected chi connectivity index (χ3v) is 5.52. The zero-order chi connectivity index (χ0) is 22.0. The Morgan fingerprint density at radius 2 is 1.65 bits per heavy atom. The summed E-state index contributed by atoms with van der Waals surface area (Å²) in [6, 6.07) is 23.5. The molecule has 1 amide bonds. The Bertz CT molecular complexity index is 1310. The normalized spacial score (nSPS) is 12.5. The van der Waals surface area contributed by atoms with E-state index in [0.29, 0.717) is 17.0 Å². The molecule has 1 atom stereocenters. The van der Waals surface area contributed by atoms with Crippen molar-refractivity contribution < 1.29 is 17.6 Å². The van der Waals surface area contributed by atoms with Crippen LogP contribution in [0.5, 0.6) is 0 Å². The van der Waals surface area contributed by atoms with Gasteiger partial charge >= 0.3 is 0 Å². The van der Waals surface area contributed by atoms with Gasteiger partial charge in [0.1, 0.15) is 17.4 Å². The summed E-state index contributed by atoms with van der Waals surface area (Å²) >= 11 is 0. The molecule has 0 fully saturated rings. The van der Waals surface area contributed by atoms with Crippen LogP contribution in [0.25, 0.3) is 11.0 Å². The number of rotatable bonds is 6. The average Bonchev–Trinajstić information content (AvgIpc) is 3.17. The van der Waals surface area contributed by atoms with Crippen LogP contribution in [0.1, 0.15) is 33.3 Å². The number of carbonyl (C=O) groups is 1. The largest absolute Gasteiger partial charge is 0.459 e. The summed E-state index contributed by atoms with van der Waals surface area (Å²) in [6.07, 6.45) is 1.08. The molecule has 6 nitrogen and oxygen atoms in total. The number of sulfonamides is 1. The lowest BCUT2D eigenvalue weighted by molar-refractivity contribution is 0.0939. The maximum Gasteiger partial charge on any atom is 0.252 e. The van der Waals surface area contributed by atoms with Gasteiger partial charge in [-0.15, -0.1) is 0 Å². The summed E-state index contributed by atoms with van der Waals surface area (Å²) in [7, 11) is -3.46. The topological polar surface area (TPSA) is 88.4 Å². The molecule has 0 radical (unpaired) electrons. The zero-order valence-electron chi connectivity index (χ0n) is 17.1. The van der Waals surface area contributed by atoms with Crippen LogP contribution >= 0.6 is 0 Å². The van der Waals surface area contributed by atoms with Gasteiger partial charge in [-0.2, -0.15) is 0 Å². The molecule has 4 aromatic rings. The van der Waals surface area contributed by atoms with Crippen molar-refractivity contribution in [2.45, 2.75) is 13.0 Å². The fourth-order valence-electron chi connectivity index (χ4n) is 3.40. The highest BCUT2D eigenvalue weighted by Crippen LogP contribution is 2.29. The van der Waals surface area contributed by atoms with Crippen LogP contribution in [0, 0.1) is 6.92 Å². The molecule has 0 aliphatic heterocycles. The van der Waals surface area contributed by atoms with E-state index in [9.17, 15) is 13.2 Å². The fraction of sp³-hybridized carbons (Fsp3) is 0.125. The smallest absolute Gasteiger partial charge is 0.252 e. The Kier molecular flexibility index (Phi) is 5.52. The van der Waals surface area contributed by atoms with Crippen molar-refractivity contribution in [3.63, 3.8) is 0 Å². The number of para-hydroxylation sites is 1. The Labute approximate surface area is 181 Å². The zero-order valence-corrected chi connectivity index (χ0v) is 17.9. The van der Waals surface area contributed by atoms with Crippen molar-refractivity contribution in [1.29, 1.82) is 0 Å². The molecule has 31 heavy (non-hydrogen) atoms. The van der Waals surface area contributed by atoms with Gasteiger partial charge < -0.3 is 9.73 Å². The van der Waals surface area contributed by atoms with Crippen LogP contribution in [0.15, 0.2) is 83.3 Å². The maximum absolute atomic E-state index is 13.1. The molecule has 7 heteroatoms. The van der Waals surface area contributed by atoms with E-state index in [1.165, 1.54) is 6.07 Å². The number of hydrogen-bond acceptors (Lipinski definition) is 4. The molecule has 1 heterocycles. The molecule has 3 aromatic carbocycles. The highest BCUT2D eigenvalue weighted by atomic mass is 32.2. The van der Waals surface area contributed by atoms with E-state index in [1.807, 2.05) is 60.7 Å². The summed E-state index contributed by atoms with van der Waals surface area (Å²) in [5, 5.41) is 3.97. The van der Waals surface area contributed by atoms with Gasteiger partial charge in [-0.25, -0.2) is 8.42 Å². The average molecular weight is 435 g/mol.